The first-order valence-electron chi connectivity index (χ1n) is 5.25. The van der Waals surface area contributed by atoms with Crippen molar-refractivity contribution in [3.05, 3.63) is 0 Å². The van der Waals surface area contributed by atoms with Crippen LogP contribution in [0.4, 0.5) is 4.79 Å². The molecule has 4 heteroatoms. The monoisotopic (exact) mass is 202 g/mol. The minimum atomic E-state index is -0.838. The lowest BCUT2D eigenvalue weighted by Gasteiger charge is -2.23. The van der Waals surface area contributed by atoms with Crippen LogP contribution in [-0.4, -0.2) is 54.2 Å². The lowest BCUT2D eigenvalue weighted by molar-refractivity contribution is 0.143. The number of hydrogen-bond donors (Lipinski definition) is 1. The minimum absolute atomic E-state index is 0.422. The molecule has 1 unspecified atom stereocenters. The van der Waals surface area contributed by atoms with Crippen molar-refractivity contribution < 1.29 is 9.90 Å². The van der Waals surface area contributed by atoms with Crippen LogP contribution in [0, 0.1) is 0 Å². The van der Waals surface area contributed by atoms with Crippen molar-refractivity contribution in [1.82, 2.24) is 9.80 Å². The Bertz CT molecular complexity index is 174. The molecule has 0 radical (unpaired) electrons. The second-order valence-corrected chi connectivity index (χ2v) is 3.44. The fourth-order valence-electron chi connectivity index (χ4n) is 1.60. The van der Waals surface area contributed by atoms with E-state index in [4.69, 9.17) is 5.11 Å². The highest BCUT2D eigenvalue weighted by Crippen LogP contribution is 2.15. The smallest absolute Gasteiger partial charge is 0.407 e. The number of hydrogen-bond acceptors (Lipinski definition) is 2. The van der Waals surface area contributed by atoms with Crippen molar-refractivity contribution in [3.63, 3.8) is 0 Å². The fourth-order valence-corrected chi connectivity index (χ4v) is 1.60. The van der Waals surface area contributed by atoms with Gasteiger partial charge in [-0.3, -0.25) is 0 Å². The predicted molar refractivity (Wildman–Crippen MR) is 57.7 cm³/mol. The summed E-state index contributed by atoms with van der Waals surface area (Å²) < 4.78 is 0. The summed E-state index contributed by atoms with van der Waals surface area (Å²) in [6.07, 6.45) is 1.47. The Balaban J connectivity index is 0.000000791. The normalized spacial score (nSPS) is 21.3. The van der Waals surface area contributed by atoms with Gasteiger partial charge in [-0.15, -0.1) is 0 Å². The zero-order valence-corrected chi connectivity index (χ0v) is 9.66. The molecule has 0 aromatic carbocycles. The van der Waals surface area contributed by atoms with Crippen LogP contribution in [0.1, 0.15) is 26.7 Å². The third-order valence-corrected chi connectivity index (χ3v) is 2.48. The van der Waals surface area contributed by atoms with Crippen LogP contribution in [0.25, 0.3) is 0 Å². The summed E-state index contributed by atoms with van der Waals surface area (Å²) >= 11 is 0. The first-order valence-corrected chi connectivity index (χ1v) is 5.25. The minimum Gasteiger partial charge on any atom is -0.465 e. The molecule has 0 aromatic rings. The number of likely N-dealkylation sites (tertiary alicyclic amines) is 1. The molecule has 0 aromatic heterocycles. The van der Waals surface area contributed by atoms with Crippen LogP contribution < -0.4 is 0 Å². The molecular weight excluding hydrogens is 180 g/mol. The topological polar surface area (TPSA) is 43.8 Å². The number of rotatable bonds is 2. The quantitative estimate of drug-likeness (QED) is 0.741. The maximum Gasteiger partial charge on any atom is 0.407 e. The molecule has 1 rings (SSSR count). The van der Waals surface area contributed by atoms with Gasteiger partial charge >= 0.3 is 6.09 Å². The summed E-state index contributed by atoms with van der Waals surface area (Å²) in [7, 11) is 3.67. The summed E-state index contributed by atoms with van der Waals surface area (Å²) in [6, 6.07) is 0.422. The van der Waals surface area contributed by atoms with Gasteiger partial charge in [0.1, 0.15) is 0 Å². The second kappa shape index (κ2) is 6.65. The molecule has 1 heterocycles. The van der Waals surface area contributed by atoms with Gasteiger partial charge in [0.2, 0.25) is 0 Å². The first kappa shape index (κ1) is 13.2. The van der Waals surface area contributed by atoms with E-state index in [0.717, 1.165) is 13.0 Å². The van der Waals surface area contributed by atoms with Crippen molar-refractivity contribution >= 4 is 6.09 Å². The molecule has 0 aliphatic carbocycles. The highest BCUT2D eigenvalue weighted by molar-refractivity contribution is 5.64. The fraction of sp³-hybridized carbons (Fsp3) is 0.900. The molecule has 0 bridgehead atoms. The van der Waals surface area contributed by atoms with Gasteiger partial charge in [0.25, 0.3) is 0 Å². The Morgan fingerprint density at radius 1 is 1.57 bits per heavy atom. The van der Waals surface area contributed by atoms with E-state index in [2.05, 4.69) is 4.90 Å². The average Bonchev–Trinajstić information content (AvgIpc) is 2.55. The molecular formula is C10H22N2O2. The van der Waals surface area contributed by atoms with Crippen LogP contribution >= 0.6 is 0 Å². The van der Waals surface area contributed by atoms with E-state index in [1.165, 1.54) is 11.3 Å². The zero-order chi connectivity index (χ0) is 11.1. The maximum absolute atomic E-state index is 10.5. The molecule has 84 valence electrons. The van der Waals surface area contributed by atoms with Gasteiger partial charge < -0.3 is 14.9 Å². The molecule has 1 amide bonds. The van der Waals surface area contributed by atoms with Crippen LogP contribution in [0.2, 0.25) is 0 Å². The Morgan fingerprint density at radius 2 is 2.14 bits per heavy atom. The van der Waals surface area contributed by atoms with E-state index in [0.29, 0.717) is 12.6 Å². The van der Waals surface area contributed by atoms with Crippen LogP contribution in [0.15, 0.2) is 0 Å². The summed E-state index contributed by atoms with van der Waals surface area (Å²) in [5.74, 6) is 0. The van der Waals surface area contributed by atoms with Crippen molar-refractivity contribution in [2.45, 2.75) is 32.7 Å². The van der Waals surface area contributed by atoms with Crippen molar-refractivity contribution in [2.24, 2.45) is 0 Å². The Labute approximate surface area is 86.5 Å². The number of likely N-dealkylation sites (N-methyl/N-ethyl adjacent to an activating group) is 2. The maximum atomic E-state index is 10.5. The standard InChI is InChI=1S/C8H16N2O2.C2H6/c1-9-5-3-4-7(9)6-10(2)8(11)12;1-2/h7H,3-6H2,1-2H3,(H,11,12);1-2H3. The molecule has 1 N–H and O–H groups in total. The number of carboxylic acid groups (broad SMARTS) is 1. The van der Waals surface area contributed by atoms with Crippen LogP contribution in [0.3, 0.4) is 0 Å². The Morgan fingerprint density at radius 3 is 2.50 bits per heavy atom. The van der Waals surface area contributed by atoms with Gasteiger partial charge in [0, 0.05) is 19.6 Å². The Hall–Kier alpha value is -0.770. The SMILES string of the molecule is CC.CN(CC1CCCN1C)C(=O)O. The summed E-state index contributed by atoms with van der Waals surface area (Å²) in [6.45, 7) is 5.73. The third-order valence-electron chi connectivity index (χ3n) is 2.48. The molecule has 4 nitrogen and oxygen atoms in total. The van der Waals surface area contributed by atoms with Crippen LogP contribution in [0.5, 0.6) is 0 Å². The van der Waals surface area contributed by atoms with Gasteiger partial charge in [-0.05, 0) is 26.4 Å². The van der Waals surface area contributed by atoms with E-state index in [9.17, 15) is 4.79 Å². The molecule has 1 saturated heterocycles. The Kier molecular flexibility index (Phi) is 6.28. The van der Waals surface area contributed by atoms with Gasteiger partial charge in [-0.1, -0.05) is 13.8 Å². The molecule has 1 fully saturated rings. The average molecular weight is 202 g/mol. The largest absolute Gasteiger partial charge is 0.465 e. The second-order valence-electron chi connectivity index (χ2n) is 3.44. The van der Waals surface area contributed by atoms with Gasteiger partial charge in [-0.2, -0.15) is 0 Å². The van der Waals surface area contributed by atoms with Crippen molar-refractivity contribution in [3.8, 4) is 0 Å². The summed E-state index contributed by atoms with van der Waals surface area (Å²) in [5.41, 5.74) is 0. The zero-order valence-electron chi connectivity index (χ0n) is 9.66. The molecule has 14 heavy (non-hydrogen) atoms. The van der Waals surface area contributed by atoms with E-state index in [1.807, 2.05) is 20.9 Å². The van der Waals surface area contributed by atoms with Crippen LogP contribution in [-0.2, 0) is 0 Å². The molecule has 0 spiro atoms. The molecule has 1 aliphatic rings. The van der Waals surface area contributed by atoms with Gasteiger partial charge in [0.05, 0.1) is 0 Å². The number of carbonyl (C=O) groups is 1. The van der Waals surface area contributed by atoms with E-state index < -0.39 is 6.09 Å². The van der Waals surface area contributed by atoms with E-state index >= 15 is 0 Å². The van der Waals surface area contributed by atoms with Crippen molar-refractivity contribution in [1.29, 1.82) is 0 Å². The predicted octanol–water partition coefficient (Wildman–Crippen LogP) is 1.72. The summed E-state index contributed by atoms with van der Waals surface area (Å²) in [4.78, 5) is 14.1. The summed E-state index contributed by atoms with van der Waals surface area (Å²) in [5, 5.41) is 8.64. The van der Waals surface area contributed by atoms with E-state index in [-0.39, 0.29) is 0 Å². The van der Waals surface area contributed by atoms with Crippen molar-refractivity contribution in [2.75, 3.05) is 27.2 Å². The number of amides is 1. The third kappa shape index (κ3) is 3.96. The lowest BCUT2D eigenvalue weighted by Crippen LogP contribution is -2.38. The molecule has 1 atom stereocenters. The van der Waals surface area contributed by atoms with Gasteiger partial charge in [0.15, 0.2) is 0 Å². The first-order chi connectivity index (χ1) is 6.61. The molecule has 0 saturated carbocycles. The van der Waals surface area contributed by atoms with Gasteiger partial charge in [-0.25, -0.2) is 4.79 Å². The highest BCUT2D eigenvalue weighted by atomic mass is 16.4. The highest BCUT2D eigenvalue weighted by Gasteiger charge is 2.23. The lowest BCUT2D eigenvalue weighted by atomic mass is 10.2. The number of nitrogens with zero attached hydrogens (tertiary/aromatic N) is 2. The van der Waals surface area contributed by atoms with E-state index in [1.54, 1.807) is 7.05 Å². The molecule has 1 aliphatic heterocycles.